The fraction of sp³-hybridized carbons (Fsp3) is 0.846. The van der Waals surface area contributed by atoms with Crippen LogP contribution in [0.1, 0.15) is 42.0 Å². The predicted molar refractivity (Wildman–Crippen MR) is 69.9 cm³/mol. The molecule has 4 nitrogen and oxygen atoms in total. The molecule has 0 spiro atoms. The molecule has 0 aliphatic heterocycles. The average molecular weight is 245 g/mol. The molecule has 0 bridgehead atoms. The highest BCUT2D eigenvalue weighted by molar-refractivity contribution is 5.80. The molecule has 0 saturated heterocycles. The molecule has 0 rings (SSSR count). The minimum Gasteiger partial charge on any atom is -0.380 e. The molecule has 0 saturated carbocycles. The van der Waals surface area contributed by atoms with Crippen LogP contribution in [0.3, 0.4) is 0 Å². The number of ketones is 1. The van der Waals surface area contributed by atoms with E-state index < -0.39 is 0 Å². The molecule has 0 aromatic heterocycles. The van der Waals surface area contributed by atoms with Crippen LogP contribution in [-0.2, 0) is 14.3 Å². The summed E-state index contributed by atoms with van der Waals surface area (Å²) in [6.45, 7) is 9.15. The molecule has 0 unspecified atom stereocenters. The van der Waals surface area contributed by atoms with Gasteiger partial charge in [0.2, 0.25) is 5.91 Å². The molecule has 0 radical (unpaired) electrons. The van der Waals surface area contributed by atoms with Crippen LogP contribution in [0, 0.1) is 11.8 Å². The van der Waals surface area contributed by atoms with E-state index in [4.69, 9.17) is 4.74 Å². The maximum atomic E-state index is 11.3. The molecule has 0 aromatic rings. The molecule has 0 aliphatic rings. The second-order valence-electron chi connectivity index (χ2n) is 4.78. The Hall–Kier alpha value is -0.900. The number of nitrogens with one attached hydrogen (secondary N) is 1. The van der Waals surface area contributed by atoms with E-state index in [1.165, 1.54) is 0 Å². The Kier molecular flexibility index (Phi) is 8.68. The second kappa shape index (κ2) is 9.16. The minimum atomic E-state index is 0. The van der Waals surface area contributed by atoms with Crippen molar-refractivity contribution in [3.05, 3.63) is 0 Å². The summed E-state index contributed by atoms with van der Waals surface area (Å²) in [4.78, 5) is 22.5. The number of ether oxygens (including phenoxy) is 1. The van der Waals surface area contributed by atoms with Gasteiger partial charge in [-0.1, -0.05) is 27.7 Å². The molecule has 17 heavy (non-hydrogen) atoms. The average Bonchev–Trinajstić information content (AvgIpc) is 2.26. The van der Waals surface area contributed by atoms with E-state index in [2.05, 4.69) is 5.32 Å². The van der Waals surface area contributed by atoms with Crippen molar-refractivity contribution in [2.45, 2.75) is 40.5 Å². The molecular weight excluding hydrogens is 218 g/mol. The van der Waals surface area contributed by atoms with E-state index in [0.29, 0.717) is 26.2 Å². The van der Waals surface area contributed by atoms with E-state index in [1.54, 1.807) is 0 Å². The van der Waals surface area contributed by atoms with Gasteiger partial charge >= 0.3 is 0 Å². The first-order valence-electron chi connectivity index (χ1n) is 6.33. The molecule has 4 heteroatoms. The van der Waals surface area contributed by atoms with Gasteiger partial charge in [-0.2, -0.15) is 0 Å². The fourth-order valence-electron chi connectivity index (χ4n) is 1.19. The van der Waals surface area contributed by atoms with Gasteiger partial charge in [-0.25, -0.2) is 0 Å². The van der Waals surface area contributed by atoms with Crippen LogP contribution in [0.15, 0.2) is 0 Å². The van der Waals surface area contributed by atoms with Crippen molar-refractivity contribution in [1.29, 1.82) is 0 Å². The van der Waals surface area contributed by atoms with Crippen molar-refractivity contribution in [3.63, 3.8) is 0 Å². The molecule has 0 heterocycles. The summed E-state index contributed by atoms with van der Waals surface area (Å²) in [5, 5.41) is 2.77. The largest absolute Gasteiger partial charge is 0.380 e. The summed E-state index contributed by atoms with van der Waals surface area (Å²) >= 11 is 0. The van der Waals surface area contributed by atoms with Gasteiger partial charge < -0.3 is 10.1 Å². The van der Waals surface area contributed by atoms with E-state index in [-0.39, 0.29) is 25.0 Å². The van der Waals surface area contributed by atoms with Gasteiger partial charge in [0, 0.05) is 32.8 Å². The number of carbonyl (C=O) groups excluding carboxylic acids is 2. The predicted octanol–water partition coefficient (Wildman–Crippen LogP) is 2.03. The fourth-order valence-corrected chi connectivity index (χ4v) is 1.19. The number of amides is 1. The van der Waals surface area contributed by atoms with Gasteiger partial charge in [0.15, 0.2) is 0 Å². The third-order valence-corrected chi connectivity index (χ3v) is 2.43. The zero-order valence-electron chi connectivity index (χ0n) is 11.4. The topological polar surface area (TPSA) is 55.4 Å². The first-order chi connectivity index (χ1) is 7.95. The lowest BCUT2D eigenvalue weighted by atomic mass is 10.1. The summed E-state index contributed by atoms with van der Waals surface area (Å²) in [6, 6.07) is 0. The van der Waals surface area contributed by atoms with Crippen molar-refractivity contribution in [1.82, 2.24) is 5.32 Å². The normalized spacial score (nSPS) is 10.9. The van der Waals surface area contributed by atoms with Crippen molar-refractivity contribution < 1.29 is 15.8 Å². The molecule has 102 valence electrons. The highest BCUT2D eigenvalue weighted by Gasteiger charge is 2.06. The summed E-state index contributed by atoms with van der Waals surface area (Å²) in [6.07, 6.45) is 1.34. The summed E-state index contributed by atoms with van der Waals surface area (Å²) in [5.41, 5.74) is 0. The van der Waals surface area contributed by atoms with Crippen molar-refractivity contribution in [2.75, 3.05) is 19.8 Å². The third-order valence-electron chi connectivity index (χ3n) is 2.43. The van der Waals surface area contributed by atoms with Crippen LogP contribution in [0.2, 0.25) is 0 Å². The molecule has 1 N–H and O–H groups in total. The van der Waals surface area contributed by atoms with E-state index >= 15 is 0 Å². The smallest absolute Gasteiger partial charge is 0.222 e. The lowest BCUT2D eigenvalue weighted by molar-refractivity contribution is -0.124. The quantitative estimate of drug-likeness (QED) is 0.632. The van der Waals surface area contributed by atoms with Crippen LogP contribution >= 0.6 is 0 Å². The number of hydrogen-bond donors (Lipinski definition) is 1. The molecule has 1 amide bonds. The monoisotopic (exact) mass is 245 g/mol. The molecule has 0 fully saturated rings. The molecule has 0 aromatic carbocycles. The number of Topliss-reactive ketones (excluding diaryl/α,β-unsaturated/α-hetero) is 1. The Balaban J connectivity index is 0. The Bertz CT molecular complexity index is 218. The summed E-state index contributed by atoms with van der Waals surface area (Å²) in [7, 11) is 0. The SMILES string of the molecule is CC(C)C(=O)CCCOCCNC(=O)C(C)C.[HH]. The zero-order valence-corrected chi connectivity index (χ0v) is 11.4. The Labute approximate surface area is 106 Å². The van der Waals surface area contributed by atoms with E-state index in [1.807, 2.05) is 27.7 Å². The van der Waals surface area contributed by atoms with Gasteiger partial charge in [0.1, 0.15) is 5.78 Å². The van der Waals surface area contributed by atoms with Crippen LogP contribution in [-0.4, -0.2) is 31.4 Å². The second-order valence-corrected chi connectivity index (χ2v) is 4.78. The molecular formula is C13H27NO3. The van der Waals surface area contributed by atoms with Crippen LogP contribution < -0.4 is 5.32 Å². The van der Waals surface area contributed by atoms with Crippen molar-refractivity contribution in [2.24, 2.45) is 11.8 Å². The first-order valence-corrected chi connectivity index (χ1v) is 6.33. The van der Waals surface area contributed by atoms with Crippen LogP contribution in [0.4, 0.5) is 0 Å². The zero-order chi connectivity index (χ0) is 13.3. The van der Waals surface area contributed by atoms with Crippen molar-refractivity contribution >= 4 is 11.7 Å². The van der Waals surface area contributed by atoms with Gasteiger partial charge in [-0.15, -0.1) is 0 Å². The minimum absolute atomic E-state index is 0. The first kappa shape index (κ1) is 16.1. The van der Waals surface area contributed by atoms with Gasteiger partial charge in [0.25, 0.3) is 0 Å². The lowest BCUT2D eigenvalue weighted by Crippen LogP contribution is -2.30. The Morgan fingerprint density at radius 3 is 2.29 bits per heavy atom. The molecule has 0 aliphatic carbocycles. The third kappa shape index (κ3) is 8.86. The van der Waals surface area contributed by atoms with E-state index in [9.17, 15) is 9.59 Å². The van der Waals surface area contributed by atoms with Gasteiger partial charge in [0.05, 0.1) is 6.61 Å². The lowest BCUT2D eigenvalue weighted by Gasteiger charge is -2.08. The van der Waals surface area contributed by atoms with Crippen LogP contribution in [0.5, 0.6) is 0 Å². The van der Waals surface area contributed by atoms with E-state index in [0.717, 1.165) is 6.42 Å². The summed E-state index contributed by atoms with van der Waals surface area (Å²) < 4.78 is 5.33. The highest BCUT2D eigenvalue weighted by Crippen LogP contribution is 2.01. The van der Waals surface area contributed by atoms with Gasteiger partial charge in [-0.05, 0) is 6.42 Å². The van der Waals surface area contributed by atoms with Crippen LogP contribution in [0.25, 0.3) is 0 Å². The Morgan fingerprint density at radius 1 is 1.12 bits per heavy atom. The summed E-state index contributed by atoms with van der Waals surface area (Å²) in [5.74, 6) is 0.448. The Morgan fingerprint density at radius 2 is 1.76 bits per heavy atom. The van der Waals surface area contributed by atoms with Gasteiger partial charge in [-0.3, -0.25) is 9.59 Å². The number of rotatable bonds is 9. The number of carbonyl (C=O) groups is 2. The maximum Gasteiger partial charge on any atom is 0.222 e. The molecule has 0 atom stereocenters. The maximum absolute atomic E-state index is 11.3. The highest BCUT2D eigenvalue weighted by atomic mass is 16.5. The van der Waals surface area contributed by atoms with Crippen molar-refractivity contribution in [3.8, 4) is 0 Å². The number of hydrogen-bond acceptors (Lipinski definition) is 3. The standard InChI is InChI=1S/C13H25NO3.H2/c1-10(2)12(15)6-5-8-17-9-7-14-13(16)11(3)4;/h10-11H,5-9H2,1-4H3,(H,14,16);1H.